The van der Waals surface area contributed by atoms with Gasteiger partial charge in [0, 0.05) is 12.5 Å². The summed E-state index contributed by atoms with van der Waals surface area (Å²) in [6.45, 7) is 0.126. The van der Waals surface area contributed by atoms with E-state index in [0.29, 0.717) is 12.0 Å². The predicted octanol–water partition coefficient (Wildman–Crippen LogP) is 3.91. The van der Waals surface area contributed by atoms with E-state index in [2.05, 4.69) is 6.07 Å². The molecule has 0 N–H and O–H groups in total. The van der Waals surface area contributed by atoms with E-state index in [1.807, 2.05) is 6.07 Å². The molecule has 0 spiro atoms. The van der Waals surface area contributed by atoms with Gasteiger partial charge in [0.05, 0.1) is 30.2 Å². The molecule has 5 heteroatoms. The van der Waals surface area contributed by atoms with Gasteiger partial charge in [-0.15, -0.1) is 0 Å². The first kappa shape index (κ1) is 15.5. The molecule has 0 aliphatic carbocycles. The van der Waals surface area contributed by atoms with Crippen molar-refractivity contribution in [2.24, 2.45) is 0 Å². The van der Waals surface area contributed by atoms with Gasteiger partial charge in [0.15, 0.2) is 11.6 Å². The number of ether oxygens (including phenoxy) is 1. The minimum Gasteiger partial charge on any atom is -0.490 e. The van der Waals surface area contributed by atoms with E-state index in [-0.39, 0.29) is 12.4 Å². The molecule has 0 saturated heterocycles. The number of benzene rings is 2. The third kappa shape index (κ3) is 3.80. The van der Waals surface area contributed by atoms with Crippen LogP contribution in [0.25, 0.3) is 0 Å². The summed E-state index contributed by atoms with van der Waals surface area (Å²) in [6.07, 6.45) is 0.360. The first-order chi connectivity index (χ1) is 10.6. The molecule has 3 nitrogen and oxygen atoms in total. The van der Waals surface area contributed by atoms with Crippen LogP contribution in [-0.2, 0) is 0 Å². The van der Waals surface area contributed by atoms with Crippen LogP contribution in [0.4, 0.5) is 8.78 Å². The van der Waals surface area contributed by atoms with Gasteiger partial charge in [0.2, 0.25) is 0 Å². The molecule has 1 unspecified atom stereocenters. The molecule has 2 aromatic carbocycles. The number of rotatable bonds is 5. The smallest absolute Gasteiger partial charge is 0.167 e. The molecule has 0 radical (unpaired) electrons. The lowest BCUT2D eigenvalue weighted by molar-refractivity contribution is 0.290. The van der Waals surface area contributed by atoms with E-state index in [1.165, 1.54) is 6.07 Å². The quantitative estimate of drug-likeness (QED) is 0.840. The van der Waals surface area contributed by atoms with Crippen molar-refractivity contribution in [3.8, 4) is 17.9 Å². The van der Waals surface area contributed by atoms with E-state index in [9.17, 15) is 14.0 Å². The summed E-state index contributed by atoms with van der Waals surface area (Å²) in [5, 5.41) is 17.9. The van der Waals surface area contributed by atoms with E-state index in [1.54, 1.807) is 24.3 Å². The zero-order valence-electron chi connectivity index (χ0n) is 11.6. The molecule has 0 bridgehead atoms. The molecule has 110 valence electrons. The molecular formula is C17H12F2N2O. The molecule has 1 atom stereocenters. The number of hydrogen-bond acceptors (Lipinski definition) is 3. The normalized spacial score (nSPS) is 11.3. The third-order valence-corrected chi connectivity index (χ3v) is 3.16. The lowest BCUT2D eigenvalue weighted by Gasteiger charge is -2.11. The average Bonchev–Trinajstić information content (AvgIpc) is 2.53. The van der Waals surface area contributed by atoms with Crippen LogP contribution in [0.15, 0.2) is 42.5 Å². The summed E-state index contributed by atoms with van der Waals surface area (Å²) in [5.41, 5.74) is 1.29. The van der Waals surface area contributed by atoms with E-state index in [4.69, 9.17) is 10.00 Å². The van der Waals surface area contributed by atoms with Crippen LogP contribution in [0.1, 0.15) is 23.5 Å². The van der Waals surface area contributed by atoms with Gasteiger partial charge < -0.3 is 4.74 Å². The van der Waals surface area contributed by atoms with Crippen LogP contribution in [0, 0.1) is 34.3 Å². The van der Waals surface area contributed by atoms with Gasteiger partial charge in [-0.3, -0.25) is 0 Å². The topological polar surface area (TPSA) is 56.8 Å². The van der Waals surface area contributed by atoms with Crippen LogP contribution < -0.4 is 4.74 Å². The van der Waals surface area contributed by atoms with Gasteiger partial charge in [-0.05, 0) is 29.8 Å². The second-order valence-electron chi connectivity index (χ2n) is 4.63. The Hall–Kier alpha value is -2.92. The Morgan fingerprint density at radius 2 is 1.77 bits per heavy atom. The van der Waals surface area contributed by atoms with E-state index < -0.39 is 17.6 Å². The van der Waals surface area contributed by atoms with Crippen molar-refractivity contribution in [2.75, 3.05) is 6.61 Å². The highest BCUT2D eigenvalue weighted by Gasteiger charge is 2.12. The Kier molecular flexibility index (Phi) is 5.06. The minimum absolute atomic E-state index is 0.0436. The molecule has 0 fully saturated rings. The summed E-state index contributed by atoms with van der Waals surface area (Å²) in [4.78, 5) is 0. The van der Waals surface area contributed by atoms with Crippen LogP contribution in [0.3, 0.4) is 0 Å². The van der Waals surface area contributed by atoms with Gasteiger partial charge in [0.25, 0.3) is 0 Å². The van der Waals surface area contributed by atoms with Crippen molar-refractivity contribution in [2.45, 2.75) is 12.3 Å². The minimum atomic E-state index is -0.771. The van der Waals surface area contributed by atoms with Crippen molar-refractivity contribution in [3.05, 3.63) is 65.2 Å². The molecule has 2 aromatic rings. The fraction of sp³-hybridized carbons (Fsp3) is 0.176. The maximum Gasteiger partial charge on any atom is 0.167 e. The monoisotopic (exact) mass is 298 g/mol. The molecular weight excluding hydrogens is 286 g/mol. The Labute approximate surface area is 127 Å². The van der Waals surface area contributed by atoms with Crippen molar-refractivity contribution in [1.29, 1.82) is 10.5 Å². The van der Waals surface area contributed by atoms with Gasteiger partial charge in [0.1, 0.15) is 5.82 Å². The summed E-state index contributed by atoms with van der Waals surface area (Å²) >= 11 is 0. The molecule has 0 aliphatic heterocycles. The summed E-state index contributed by atoms with van der Waals surface area (Å²) < 4.78 is 31.4. The second kappa shape index (κ2) is 7.19. The van der Waals surface area contributed by atoms with E-state index >= 15 is 0 Å². The number of halogens is 2. The molecule has 0 aliphatic rings. The molecule has 0 saturated carbocycles. The molecule has 2 rings (SSSR count). The summed E-state index contributed by atoms with van der Waals surface area (Å²) in [7, 11) is 0. The lowest BCUT2D eigenvalue weighted by Crippen LogP contribution is -2.05. The Bertz CT molecular complexity index is 730. The van der Waals surface area contributed by atoms with Crippen molar-refractivity contribution in [3.63, 3.8) is 0 Å². The second-order valence-corrected chi connectivity index (χ2v) is 4.63. The van der Waals surface area contributed by atoms with Crippen molar-refractivity contribution in [1.82, 2.24) is 0 Å². The highest BCUT2D eigenvalue weighted by molar-refractivity contribution is 5.34. The Morgan fingerprint density at radius 3 is 2.36 bits per heavy atom. The molecule has 0 amide bonds. The molecule has 22 heavy (non-hydrogen) atoms. The predicted molar refractivity (Wildman–Crippen MR) is 76.0 cm³/mol. The zero-order chi connectivity index (χ0) is 15.9. The lowest BCUT2D eigenvalue weighted by atomic mass is 9.97. The number of nitrogens with zero attached hydrogens (tertiary/aromatic N) is 2. The standard InChI is InChI=1S/C17H12F2N2O/c18-15-5-6-17(16(19)9-15)22-8-7-14(11-21)13-3-1-12(10-20)2-4-13/h1-6,9,14H,7-8H2. The first-order valence-corrected chi connectivity index (χ1v) is 6.61. The Morgan fingerprint density at radius 1 is 1.05 bits per heavy atom. The summed E-state index contributed by atoms with van der Waals surface area (Å²) in [6, 6.07) is 13.9. The van der Waals surface area contributed by atoms with Crippen LogP contribution in [-0.4, -0.2) is 6.61 Å². The molecule has 0 heterocycles. The number of nitriles is 2. The van der Waals surface area contributed by atoms with Crippen LogP contribution in [0.2, 0.25) is 0 Å². The summed E-state index contributed by atoms with van der Waals surface area (Å²) in [5.74, 6) is -1.90. The van der Waals surface area contributed by atoms with Gasteiger partial charge in [-0.1, -0.05) is 12.1 Å². The highest BCUT2D eigenvalue weighted by Crippen LogP contribution is 2.22. The fourth-order valence-electron chi connectivity index (χ4n) is 1.97. The SMILES string of the molecule is N#Cc1ccc(C(C#N)CCOc2ccc(F)cc2F)cc1. The van der Waals surface area contributed by atoms with Gasteiger partial charge in [-0.25, -0.2) is 8.78 Å². The van der Waals surface area contributed by atoms with Crippen molar-refractivity contribution >= 4 is 0 Å². The van der Waals surface area contributed by atoms with Crippen LogP contribution >= 0.6 is 0 Å². The van der Waals surface area contributed by atoms with Gasteiger partial charge in [-0.2, -0.15) is 10.5 Å². The Balaban J connectivity index is 1.96. The third-order valence-electron chi connectivity index (χ3n) is 3.16. The first-order valence-electron chi connectivity index (χ1n) is 6.61. The molecule has 0 aromatic heterocycles. The fourth-order valence-corrected chi connectivity index (χ4v) is 1.97. The maximum absolute atomic E-state index is 13.4. The number of hydrogen-bond donors (Lipinski definition) is 0. The van der Waals surface area contributed by atoms with E-state index in [0.717, 1.165) is 17.7 Å². The van der Waals surface area contributed by atoms with Gasteiger partial charge >= 0.3 is 0 Å². The largest absolute Gasteiger partial charge is 0.490 e. The maximum atomic E-state index is 13.4. The van der Waals surface area contributed by atoms with Crippen molar-refractivity contribution < 1.29 is 13.5 Å². The zero-order valence-corrected chi connectivity index (χ0v) is 11.6. The highest BCUT2D eigenvalue weighted by atomic mass is 19.1. The average molecular weight is 298 g/mol. The van der Waals surface area contributed by atoms with Crippen LogP contribution in [0.5, 0.6) is 5.75 Å².